The molecule has 1 aromatic heterocycles. The molecule has 0 radical (unpaired) electrons. The van der Waals surface area contributed by atoms with Gasteiger partial charge in [0.25, 0.3) is 0 Å². The van der Waals surface area contributed by atoms with Gasteiger partial charge in [0, 0.05) is 16.1 Å². The van der Waals surface area contributed by atoms with Gasteiger partial charge in [0.05, 0.1) is 12.5 Å². The number of halogens is 2. The lowest BCUT2D eigenvalue weighted by Crippen LogP contribution is -2.32. The standard InChI is InChI=1S/C14H14Br2O/c15-10-14(11-16,8-12-6-7-17-9-12)13-4-2-1-3-5-13/h1-7,9H,8,10-11H2. The van der Waals surface area contributed by atoms with E-state index in [9.17, 15) is 0 Å². The lowest BCUT2D eigenvalue weighted by atomic mass is 9.79. The highest BCUT2D eigenvalue weighted by Crippen LogP contribution is 2.32. The fraction of sp³-hybridized carbons (Fsp3) is 0.286. The Labute approximate surface area is 118 Å². The lowest BCUT2D eigenvalue weighted by Gasteiger charge is -2.30. The molecule has 1 heterocycles. The highest BCUT2D eigenvalue weighted by Gasteiger charge is 2.30. The molecule has 0 saturated carbocycles. The van der Waals surface area contributed by atoms with Crippen molar-refractivity contribution in [2.45, 2.75) is 11.8 Å². The predicted molar refractivity (Wildman–Crippen MR) is 78.1 cm³/mol. The van der Waals surface area contributed by atoms with Gasteiger partial charge in [-0.15, -0.1) is 0 Å². The van der Waals surface area contributed by atoms with Crippen LogP contribution in [0.2, 0.25) is 0 Å². The molecular weight excluding hydrogens is 344 g/mol. The molecule has 0 saturated heterocycles. The van der Waals surface area contributed by atoms with Crippen LogP contribution in [0.15, 0.2) is 53.3 Å². The van der Waals surface area contributed by atoms with Crippen molar-refractivity contribution < 1.29 is 4.42 Å². The summed E-state index contributed by atoms with van der Waals surface area (Å²) >= 11 is 7.31. The molecular formula is C14H14Br2O. The van der Waals surface area contributed by atoms with Crippen LogP contribution in [0.3, 0.4) is 0 Å². The average molecular weight is 358 g/mol. The van der Waals surface area contributed by atoms with E-state index in [-0.39, 0.29) is 5.41 Å². The fourth-order valence-corrected chi connectivity index (χ4v) is 3.93. The monoisotopic (exact) mass is 356 g/mol. The van der Waals surface area contributed by atoms with Gasteiger partial charge >= 0.3 is 0 Å². The summed E-state index contributed by atoms with van der Waals surface area (Å²) in [6, 6.07) is 12.6. The number of furan rings is 1. The second-order valence-corrected chi connectivity index (χ2v) is 5.34. The molecule has 2 rings (SSSR count). The van der Waals surface area contributed by atoms with E-state index >= 15 is 0 Å². The zero-order valence-corrected chi connectivity index (χ0v) is 12.6. The van der Waals surface area contributed by atoms with E-state index in [4.69, 9.17) is 4.42 Å². The quantitative estimate of drug-likeness (QED) is 0.715. The van der Waals surface area contributed by atoms with Crippen molar-refractivity contribution >= 4 is 31.9 Å². The van der Waals surface area contributed by atoms with Crippen LogP contribution in [0.25, 0.3) is 0 Å². The third-order valence-corrected chi connectivity index (χ3v) is 5.17. The topological polar surface area (TPSA) is 13.1 Å². The third kappa shape index (κ3) is 2.83. The summed E-state index contributed by atoms with van der Waals surface area (Å²) in [6.07, 6.45) is 4.51. The molecule has 3 heteroatoms. The zero-order chi connectivity index (χ0) is 12.1. The van der Waals surface area contributed by atoms with Crippen molar-refractivity contribution in [3.8, 4) is 0 Å². The maximum Gasteiger partial charge on any atom is 0.0934 e. The van der Waals surface area contributed by atoms with Crippen molar-refractivity contribution in [2.75, 3.05) is 10.7 Å². The van der Waals surface area contributed by atoms with E-state index in [1.165, 1.54) is 11.1 Å². The van der Waals surface area contributed by atoms with Crippen molar-refractivity contribution in [3.63, 3.8) is 0 Å². The summed E-state index contributed by atoms with van der Waals surface area (Å²) in [5.74, 6) is 0. The first-order valence-corrected chi connectivity index (χ1v) is 7.73. The van der Waals surface area contributed by atoms with Gasteiger partial charge in [0.15, 0.2) is 0 Å². The minimum atomic E-state index is 0.0745. The summed E-state index contributed by atoms with van der Waals surface area (Å²) in [7, 11) is 0. The van der Waals surface area contributed by atoms with Gasteiger partial charge in [0.1, 0.15) is 0 Å². The molecule has 0 atom stereocenters. The van der Waals surface area contributed by atoms with E-state index in [1.54, 1.807) is 6.26 Å². The van der Waals surface area contributed by atoms with Crippen LogP contribution in [-0.2, 0) is 11.8 Å². The Morgan fingerprint density at radius 1 is 1.00 bits per heavy atom. The molecule has 2 aromatic rings. The van der Waals surface area contributed by atoms with E-state index in [2.05, 4.69) is 62.2 Å². The molecule has 0 aliphatic rings. The smallest absolute Gasteiger partial charge is 0.0934 e. The maximum absolute atomic E-state index is 5.15. The van der Waals surface area contributed by atoms with Crippen LogP contribution in [0.4, 0.5) is 0 Å². The van der Waals surface area contributed by atoms with E-state index < -0.39 is 0 Å². The number of hydrogen-bond donors (Lipinski definition) is 0. The number of rotatable bonds is 5. The number of benzene rings is 1. The minimum Gasteiger partial charge on any atom is -0.472 e. The van der Waals surface area contributed by atoms with Crippen LogP contribution in [0.5, 0.6) is 0 Å². The molecule has 0 aliphatic carbocycles. The molecule has 1 aromatic carbocycles. The molecule has 0 unspecified atom stereocenters. The third-order valence-electron chi connectivity index (χ3n) is 3.02. The SMILES string of the molecule is BrCC(CBr)(Cc1ccoc1)c1ccccc1. The Balaban J connectivity index is 2.32. The van der Waals surface area contributed by atoms with Gasteiger partial charge in [-0.05, 0) is 23.6 Å². The number of alkyl halides is 2. The van der Waals surface area contributed by atoms with Gasteiger partial charge < -0.3 is 4.42 Å². The molecule has 0 N–H and O–H groups in total. The van der Waals surface area contributed by atoms with Crippen molar-refractivity contribution in [2.24, 2.45) is 0 Å². The van der Waals surface area contributed by atoms with Crippen LogP contribution >= 0.6 is 31.9 Å². The average Bonchev–Trinajstić information content (AvgIpc) is 2.90. The zero-order valence-electron chi connectivity index (χ0n) is 9.40. The predicted octanol–water partition coefficient (Wildman–Crippen LogP) is 4.55. The summed E-state index contributed by atoms with van der Waals surface area (Å²) in [5.41, 5.74) is 2.65. The molecule has 0 fully saturated rings. The molecule has 0 bridgehead atoms. The van der Waals surface area contributed by atoms with Crippen molar-refractivity contribution in [3.05, 3.63) is 60.1 Å². The van der Waals surface area contributed by atoms with Gasteiger partial charge in [-0.25, -0.2) is 0 Å². The first kappa shape index (κ1) is 12.9. The summed E-state index contributed by atoms with van der Waals surface area (Å²) < 4.78 is 5.15. The van der Waals surface area contributed by atoms with Gasteiger partial charge in [-0.3, -0.25) is 0 Å². The largest absolute Gasteiger partial charge is 0.472 e. The Morgan fingerprint density at radius 3 is 2.24 bits per heavy atom. The van der Waals surface area contributed by atoms with E-state index in [1.807, 2.05) is 12.3 Å². The Morgan fingerprint density at radius 2 is 1.71 bits per heavy atom. The first-order valence-electron chi connectivity index (χ1n) is 5.49. The van der Waals surface area contributed by atoms with E-state index in [0.717, 1.165) is 17.1 Å². The highest BCUT2D eigenvalue weighted by atomic mass is 79.9. The van der Waals surface area contributed by atoms with Crippen LogP contribution in [-0.4, -0.2) is 10.7 Å². The Bertz CT molecular complexity index is 433. The van der Waals surface area contributed by atoms with Crippen molar-refractivity contribution in [1.29, 1.82) is 0 Å². The van der Waals surface area contributed by atoms with Crippen LogP contribution in [0.1, 0.15) is 11.1 Å². The van der Waals surface area contributed by atoms with Crippen molar-refractivity contribution in [1.82, 2.24) is 0 Å². The maximum atomic E-state index is 5.15. The second kappa shape index (κ2) is 5.87. The van der Waals surface area contributed by atoms with Crippen LogP contribution in [0, 0.1) is 0 Å². The summed E-state index contributed by atoms with van der Waals surface area (Å²) in [6.45, 7) is 0. The molecule has 17 heavy (non-hydrogen) atoms. The molecule has 0 amide bonds. The highest BCUT2D eigenvalue weighted by molar-refractivity contribution is 9.09. The molecule has 0 spiro atoms. The Kier molecular flexibility index (Phi) is 4.46. The molecule has 1 nitrogen and oxygen atoms in total. The minimum absolute atomic E-state index is 0.0745. The van der Waals surface area contributed by atoms with Gasteiger partial charge in [0.2, 0.25) is 0 Å². The molecule has 90 valence electrons. The van der Waals surface area contributed by atoms with Gasteiger partial charge in [-0.1, -0.05) is 62.2 Å². The molecule has 0 aliphatic heterocycles. The summed E-state index contributed by atoms with van der Waals surface area (Å²) in [5, 5.41) is 1.83. The lowest BCUT2D eigenvalue weighted by molar-refractivity contribution is 0.532. The van der Waals surface area contributed by atoms with Crippen LogP contribution < -0.4 is 0 Å². The normalized spacial score (nSPS) is 11.6. The first-order chi connectivity index (χ1) is 8.30. The fourth-order valence-electron chi connectivity index (χ4n) is 1.96. The van der Waals surface area contributed by atoms with E-state index in [0.29, 0.717) is 0 Å². The Hall–Kier alpha value is -0.540. The van der Waals surface area contributed by atoms with Gasteiger partial charge in [-0.2, -0.15) is 0 Å². The second-order valence-electron chi connectivity index (χ2n) is 4.22. The summed E-state index contributed by atoms with van der Waals surface area (Å²) in [4.78, 5) is 0. The number of hydrogen-bond acceptors (Lipinski definition) is 1.